The van der Waals surface area contributed by atoms with Gasteiger partial charge in [-0.3, -0.25) is 9.97 Å². The molecule has 4 heteroatoms. The number of para-hydroxylation sites is 3. The molecule has 0 N–H and O–H groups in total. The van der Waals surface area contributed by atoms with Crippen molar-refractivity contribution in [3.05, 3.63) is 134 Å². The van der Waals surface area contributed by atoms with Crippen LogP contribution >= 0.6 is 0 Å². The van der Waals surface area contributed by atoms with Gasteiger partial charge in [-0.2, -0.15) is 0 Å². The van der Waals surface area contributed by atoms with E-state index in [-0.39, 0.29) is 0 Å². The Balaban J connectivity index is 1.24. The van der Waals surface area contributed by atoms with E-state index in [0.29, 0.717) is 0 Å². The highest BCUT2D eigenvalue weighted by molar-refractivity contribution is 6.14. The van der Waals surface area contributed by atoms with Gasteiger partial charge in [0.25, 0.3) is 0 Å². The van der Waals surface area contributed by atoms with Gasteiger partial charge < -0.3 is 9.13 Å². The lowest BCUT2D eigenvalue weighted by Gasteiger charge is -2.11. The van der Waals surface area contributed by atoms with E-state index in [2.05, 4.69) is 135 Å². The summed E-state index contributed by atoms with van der Waals surface area (Å²) < 4.78 is 4.74. The van der Waals surface area contributed by atoms with Crippen LogP contribution in [-0.4, -0.2) is 19.1 Å². The fourth-order valence-corrected chi connectivity index (χ4v) is 7.20. The average molecular weight is 535 g/mol. The summed E-state index contributed by atoms with van der Waals surface area (Å²) in [5, 5.41) is 6.18. The maximum absolute atomic E-state index is 5.04. The van der Waals surface area contributed by atoms with E-state index in [1.165, 1.54) is 49.0 Å². The number of benzene rings is 5. The van der Waals surface area contributed by atoms with Crippen LogP contribution in [0.15, 0.2) is 134 Å². The standard InChI is InChI=1S/C38H22N4/c1-4-13-33-25(8-1)26-9-2-5-14-34(26)41(33)23-16-17-36-30(20-23)27-10-3-6-15-35(27)42(36)24-21-31-28-18-19-39-32-12-7-11-29(37(28)32)38(31)40-22-24/h1-22H. The Labute approximate surface area is 240 Å². The van der Waals surface area contributed by atoms with Gasteiger partial charge in [0.2, 0.25) is 0 Å². The molecule has 0 saturated carbocycles. The van der Waals surface area contributed by atoms with Crippen molar-refractivity contribution in [2.24, 2.45) is 0 Å². The maximum Gasteiger partial charge on any atom is 0.0789 e. The first-order valence-electron chi connectivity index (χ1n) is 14.3. The SMILES string of the molecule is c1cc2c3c(ccnc3c1)-c1cc(-n3c4ccccc4c4cc(-n5c6ccccc6c6ccccc65)ccc43)cnc1-2. The molecule has 0 aliphatic heterocycles. The lowest BCUT2D eigenvalue weighted by atomic mass is 10.1. The molecular formula is C38H22N4. The summed E-state index contributed by atoms with van der Waals surface area (Å²) in [6.07, 6.45) is 3.92. The third-order valence-corrected chi connectivity index (χ3v) is 8.94. The molecule has 0 unspecified atom stereocenters. The normalized spacial score (nSPS) is 12.3. The summed E-state index contributed by atoms with van der Waals surface area (Å²) in [6.45, 7) is 0. The molecule has 0 amide bonds. The van der Waals surface area contributed by atoms with Crippen molar-refractivity contribution in [3.8, 4) is 33.8 Å². The molecule has 0 fully saturated rings. The van der Waals surface area contributed by atoms with Crippen molar-refractivity contribution in [1.29, 1.82) is 0 Å². The van der Waals surface area contributed by atoms with E-state index in [1.54, 1.807) is 0 Å². The van der Waals surface area contributed by atoms with E-state index in [0.717, 1.165) is 39.2 Å². The highest BCUT2D eigenvalue weighted by atomic mass is 15.0. The van der Waals surface area contributed by atoms with Crippen LogP contribution in [0.1, 0.15) is 0 Å². The smallest absolute Gasteiger partial charge is 0.0789 e. The molecule has 194 valence electrons. The van der Waals surface area contributed by atoms with Crippen molar-refractivity contribution in [2.45, 2.75) is 0 Å². The Morgan fingerprint density at radius 2 is 1.07 bits per heavy atom. The van der Waals surface area contributed by atoms with Crippen molar-refractivity contribution in [1.82, 2.24) is 19.1 Å². The topological polar surface area (TPSA) is 35.6 Å². The van der Waals surface area contributed by atoms with Crippen LogP contribution in [0.2, 0.25) is 0 Å². The molecule has 5 aromatic carbocycles. The quantitative estimate of drug-likeness (QED) is 0.221. The van der Waals surface area contributed by atoms with Crippen molar-refractivity contribution in [3.63, 3.8) is 0 Å². The molecule has 9 aromatic rings. The minimum Gasteiger partial charge on any atom is -0.309 e. The first kappa shape index (κ1) is 22.0. The minimum atomic E-state index is 1.01. The largest absolute Gasteiger partial charge is 0.309 e. The predicted octanol–water partition coefficient (Wildman–Crippen LogP) is 9.47. The van der Waals surface area contributed by atoms with Gasteiger partial charge in [-0.15, -0.1) is 0 Å². The predicted molar refractivity (Wildman–Crippen MR) is 173 cm³/mol. The molecule has 1 aliphatic rings. The zero-order valence-corrected chi connectivity index (χ0v) is 22.5. The van der Waals surface area contributed by atoms with E-state index in [9.17, 15) is 0 Å². The van der Waals surface area contributed by atoms with Crippen LogP contribution in [-0.2, 0) is 0 Å². The lowest BCUT2D eigenvalue weighted by molar-refractivity contribution is 1.14. The highest BCUT2D eigenvalue weighted by Crippen LogP contribution is 2.46. The Kier molecular flexibility index (Phi) is 4.15. The van der Waals surface area contributed by atoms with Crippen molar-refractivity contribution in [2.75, 3.05) is 0 Å². The van der Waals surface area contributed by atoms with Gasteiger partial charge in [0.15, 0.2) is 0 Å². The van der Waals surface area contributed by atoms with Gasteiger partial charge in [0.05, 0.1) is 45.2 Å². The van der Waals surface area contributed by atoms with E-state index >= 15 is 0 Å². The lowest BCUT2D eigenvalue weighted by Crippen LogP contribution is -1.97. The van der Waals surface area contributed by atoms with Crippen LogP contribution in [0.5, 0.6) is 0 Å². The van der Waals surface area contributed by atoms with Gasteiger partial charge in [-0.25, -0.2) is 0 Å². The van der Waals surface area contributed by atoms with Crippen LogP contribution in [0, 0.1) is 0 Å². The molecule has 0 spiro atoms. The summed E-state index contributed by atoms with van der Waals surface area (Å²) in [6, 6.07) is 43.6. The third kappa shape index (κ3) is 2.76. The van der Waals surface area contributed by atoms with Gasteiger partial charge in [0.1, 0.15) is 0 Å². The zero-order valence-electron chi connectivity index (χ0n) is 22.5. The zero-order chi connectivity index (χ0) is 27.4. The van der Waals surface area contributed by atoms with Crippen molar-refractivity contribution >= 4 is 54.5 Å². The first-order valence-corrected chi connectivity index (χ1v) is 14.3. The summed E-state index contributed by atoms with van der Waals surface area (Å²) in [7, 11) is 0. The number of rotatable bonds is 2. The summed E-state index contributed by atoms with van der Waals surface area (Å²) in [5.74, 6) is 0. The van der Waals surface area contributed by atoms with Crippen molar-refractivity contribution < 1.29 is 0 Å². The molecule has 0 bridgehead atoms. The Bertz CT molecular complexity index is 2530. The van der Waals surface area contributed by atoms with E-state index in [4.69, 9.17) is 4.98 Å². The summed E-state index contributed by atoms with van der Waals surface area (Å²) in [4.78, 5) is 9.65. The second kappa shape index (κ2) is 7.93. The number of hydrogen-bond donors (Lipinski definition) is 0. The number of nitrogens with zero attached hydrogens (tertiary/aromatic N) is 4. The van der Waals surface area contributed by atoms with Crippen LogP contribution in [0.25, 0.3) is 88.3 Å². The van der Waals surface area contributed by atoms with E-state index < -0.39 is 0 Å². The molecular weight excluding hydrogens is 512 g/mol. The molecule has 0 atom stereocenters. The fourth-order valence-electron chi connectivity index (χ4n) is 7.20. The molecule has 4 nitrogen and oxygen atoms in total. The molecule has 42 heavy (non-hydrogen) atoms. The molecule has 1 aliphatic carbocycles. The van der Waals surface area contributed by atoms with Gasteiger partial charge in [0, 0.05) is 49.9 Å². The van der Waals surface area contributed by atoms with Gasteiger partial charge in [-0.1, -0.05) is 66.7 Å². The molecule has 4 heterocycles. The Morgan fingerprint density at radius 1 is 0.429 bits per heavy atom. The maximum atomic E-state index is 5.04. The second-order valence-corrected chi connectivity index (χ2v) is 11.1. The second-order valence-electron chi connectivity index (χ2n) is 11.1. The van der Waals surface area contributed by atoms with Gasteiger partial charge in [-0.05, 0) is 60.2 Å². The van der Waals surface area contributed by atoms with Gasteiger partial charge >= 0.3 is 0 Å². The summed E-state index contributed by atoms with van der Waals surface area (Å²) in [5.41, 5.74) is 12.5. The third-order valence-electron chi connectivity index (χ3n) is 8.94. The molecule has 0 saturated heterocycles. The first-order chi connectivity index (χ1) is 20.8. The number of fused-ring (bicyclic) bond motifs is 9. The van der Waals surface area contributed by atoms with E-state index in [1.807, 2.05) is 12.4 Å². The van der Waals surface area contributed by atoms with Crippen LogP contribution in [0.3, 0.4) is 0 Å². The highest BCUT2D eigenvalue weighted by Gasteiger charge is 2.24. The molecule has 4 aromatic heterocycles. The minimum absolute atomic E-state index is 1.01. The molecule has 0 radical (unpaired) electrons. The summed E-state index contributed by atoms with van der Waals surface area (Å²) >= 11 is 0. The fraction of sp³-hybridized carbons (Fsp3) is 0. The monoisotopic (exact) mass is 534 g/mol. The molecule has 10 rings (SSSR count). The average Bonchev–Trinajstić information content (AvgIpc) is 3.68. The van der Waals surface area contributed by atoms with Crippen LogP contribution in [0.4, 0.5) is 0 Å². The number of hydrogen-bond acceptors (Lipinski definition) is 2. The Morgan fingerprint density at radius 3 is 1.81 bits per heavy atom. The Hall–Kier alpha value is -5.74. The number of aromatic nitrogens is 4. The van der Waals surface area contributed by atoms with Crippen LogP contribution < -0.4 is 0 Å². The number of pyridine rings is 2.